The van der Waals surface area contributed by atoms with Crippen molar-refractivity contribution in [2.45, 2.75) is 23.0 Å². The molecular weight excluding hydrogens is 666 g/mol. The van der Waals surface area contributed by atoms with Gasteiger partial charge in [0.15, 0.2) is 0 Å². The Morgan fingerprint density at radius 1 is 0.333 bits per heavy atom. The van der Waals surface area contributed by atoms with E-state index in [1.807, 2.05) is 23.5 Å². The fourth-order valence-corrected chi connectivity index (χ4v) is 4.79. The Hall–Kier alpha value is -1.15. The molecule has 0 aliphatic carbocycles. The van der Waals surface area contributed by atoms with Gasteiger partial charge >= 0.3 is 21.1 Å². The van der Waals surface area contributed by atoms with Gasteiger partial charge < -0.3 is 24.8 Å². The first kappa shape index (κ1) is 31.8. The van der Waals surface area contributed by atoms with Gasteiger partial charge in [-0.3, -0.25) is 0 Å². The summed E-state index contributed by atoms with van der Waals surface area (Å²) in [6.07, 6.45) is 0. The topological polar surface area (TPSA) is 0 Å². The average molecular weight is 695 g/mol. The maximum atomic E-state index is 2.18. The summed E-state index contributed by atoms with van der Waals surface area (Å²) in [6, 6.07) is 42.4. The van der Waals surface area contributed by atoms with Gasteiger partial charge in [0.2, 0.25) is 0 Å². The van der Waals surface area contributed by atoms with E-state index in [2.05, 4.69) is 121 Å². The van der Waals surface area contributed by atoms with Gasteiger partial charge in [0.05, 0.1) is 0 Å². The van der Waals surface area contributed by atoms with Crippen LogP contribution in [0.15, 0.2) is 121 Å². The second-order valence-electron chi connectivity index (χ2n) is 6.93. The van der Waals surface area contributed by atoms with Crippen molar-refractivity contribution >= 4 is 23.5 Å². The summed E-state index contributed by atoms with van der Waals surface area (Å²) in [4.78, 5) is 0. The molecule has 0 aromatic heterocycles. The van der Waals surface area contributed by atoms with Crippen LogP contribution in [0, 0.1) is 0 Å². The Kier molecular flexibility index (Phi) is 19.5. The van der Waals surface area contributed by atoms with Crippen LogP contribution in [0.4, 0.5) is 0 Å². The van der Waals surface area contributed by atoms with E-state index < -0.39 is 0 Å². The molecule has 5 heteroatoms. The summed E-state index contributed by atoms with van der Waals surface area (Å²) in [7, 11) is 0. The van der Waals surface area contributed by atoms with Crippen LogP contribution in [0.1, 0.15) is 22.3 Å². The molecule has 4 aromatic rings. The Balaban J connectivity index is 0.000000569. The van der Waals surface area contributed by atoms with E-state index in [1.54, 1.807) is 0 Å². The van der Waals surface area contributed by atoms with Crippen molar-refractivity contribution in [3.8, 4) is 0 Å². The molecule has 0 saturated carbocycles. The van der Waals surface area contributed by atoms with E-state index in [-0.39, 0.29) is 45.9 Å². The van der Waals surface area contributed by atoms with E-state index in [1.165, 1.54) is 22.3 Å². The normalized spacial score (nSPS) is 9.21. The van der Waals surface area contributed by atoms with Gasteiger partial charge in [-0.15, -0.1) is 0 Å². The summed E-state index contributed by atoms with van der Waals surface area (Å²) in [6.45, 7) is 0. The Labute approximate surface area is 234 Å². The second-order valence-corrected chi connectivity index (χ2v) is 8.90. The molecule has 0 aliphatic heterocycles. The summed E-state index contributed by atoms with van der Waals surface area (Å²) in [5.74, 6) is 4.37. The molecule has 0 amide bonds. The van der Waals surface area contributed by atoms with Crippen molar-refractivity contribution in [1.82, 2.24) is 0 Å². The minimum atomic E-state index is 0. The van der Waals surface area contributed by atoms with Crippen LogP contribution < -0.4 is 24.8 Å². The number of thioether (sulfide) groups is 2. The van der Waals surface area contributed by atoms with Crippen molar-refractivity contribution in [3.63, 3.8) is 0 Å². The summed E-state index contributed by atoms with van der Waals surface area (Å²) < 4.78 is 0. The first-order chi connectivity index (χ1) is 14.9. The summed E-state index contributed by atoms with van der Waals surface area (Å²) in [5.41, 5.74) is 5.61. The van der Waals surface area contributed by atoms with Crippen molar-refractivity contribution in [2.75, 3.05) is 0 Å². The van der Waals surface area contributed by atoms with E-state index in [0.717, 1.165) is 23.0 Å². The molecule has 0 fully saturated rings. The van der Waals surface area contributed by atoms with Gasteiger partial charge in [-0.1, -0.05) is 121 Å². The van der Waals surface area contributed by atoms with Crippen LogP contribution in [0.5, 0.6) is 0 Å². The summed E-state index contributed by atoms with van der Waals surface area (Å²) in [5, 5.41) is 0. The fraction of sp³-hybridized carbons (Fsp3) is 0.143. The largest absolute Gasteiger partial charge is 2.00 e. The fourth-order valence-electron chi connectivity index (χ4n) is 2.87. The average Bonchev–Trinajstić information content (AvgIpc) is 2.82. The predicted molar refractivity (Wildman–Crippen MR) is 136 cm³/mol. The van der Waals surface area contributed by atoms with Crippen LogP contribution in [0.25, 0.3) is 0 Å². The van der Waals surface area contributed by atoms with Gasteiger partial charge in [-0.2, -0.15) is 23.5 Å². The number of hydrogen-bond acceptors (Lipinski definition) is 2. The molecule has 0 unspecified atom stereocenters. The predicted octanol–water partition coefficient (Wildman–Crippen LogP) is 2.25. The number of benzene rings is 4. The van der Waals surface area contributed by atoms with Gasteiger partial charge in [0.1, 0.15) is 0 Å². The van der Waals surface area contributed by atoms with Crippen LogP contribution in [0.3, 0.4) is 0 Å². The maximum absolute atomic E-state index is 2.18. The summed E-state index contributed by atoms with van der Waals surface area (Å²) >= 11 is 3.92. The van der Waals surface area contributed by atoms with Gasteiger partial charge in [-0.05, 0) is 22.3 Å². The number of halogens is 2. The molecule has 4 aromatic carbocycles. The molecule has 0 heterocycles. The minimum Gasteiger partial charge on any atom is -1.00 e. The molecule has 0 saturated heterocycles. The zero-order chi connectivity index (χ0) is 20.7. The van der Waals surface area contributed by atoms with Crippen LogP contribution in [0.2, 0.25) is 0 Å². The van der Waals surface area contributed by atoms with Crippen LogP contribution >= 0.6 is 23.5 Å². The first-order valence-corrected chi connectivity index (χ1v) is 12.5. The van der Waals surface area contributed by atoms with Crippen molar-refractivity contribution in [2.24, 2.45) is 0 Å². The number of rotatable bonds is 8. The van der Waals surface area contributed by atoms with Gasteiger partial charge in [0.25, 0.3) is 0 Å². The molecule has 33 heavy (non-hydrogen) atoms. The maximum Gasteiger partial charge on any atom is 2.00 e. The molecular formula is C28H28Cl2PtS2. The molecule has 0 aliphatic rings. The molecule has 0 N–H and O–H groups in total. The Morgan fingerprint density at radius 2 is 0.515 bits per heavy atom. The Morgan fingerprint density at radius 3 is 0.697 bits per heavy atom. The molecule has 0 spiro atoms. The van der Waals surface area contributed by atoms with E-state index in [0.29, 0.717) is 0 Å². The van der Waals surface area contributed by atoms with Crippen molar-refractivity contribution in [3.05, 3.63) is 144 Å². The molecule has 0 atom stereocenters. The first-order valence-electron chi connectivity index (χ1n) is 10.2. The van der Waals surface area contributed by atoms with Crippen molar-refractivity contribution in [1.29, 1.82) is 0 Å². The molecule has 0 radical (unpaired) electrons. The van der Waals surface area contributed by atoms with Gasteiger partial charge in [0, 0.05) is 23.0 Å². The van der Waals surface area contributed by atoms with E-state index in [9.17, 15) is 0 Å². The smallest absolute Gasteiger partial charge is 1.00 e. The zero-order valence-corrected chi connectivity index (χ0v) is 23.7. The van der Waals surface area contributed by atoms with Gasteiger partial charge in [-0.25, -0.2) is 0 Å². The third-order valence-corrected chi connectivity index (χ3v) is 6.60. The molecule has 4 rings (SSSR count). The quantitative estimate of drug-likeness (QED) is 0.278. The number of hydrogen-bond donors (Lipinski definition) is 0. The second kappa shape index (κ2) is 20.2. The monoisotopic (exact) mass is 693 g/mol. The van der Waals surface area contributed by atoms with E-state index in [4.69, 9.17) is 0 Å². The van der Waals surface area contributed by atoms with E-state index >= 15 is 0 Å². The Bertz CT molecular complexity index is 780. The standard InChI is InChI=1S/2C14H14S.2ClH.Pt/c2*1-3-7-13(8-4-1)11-15-12-14-9-5-2-6-10-14;;;/h2*1-10H,11-12H2;2*1H;/q;;;;+2/p-2. The minimum absolute atomic E-state index is 0. The zero-order valence-electron chi connectivity index (χ0n) is 18.3. The van der Waals surface area contributed by atoms with Crippen LogP contribution in [-0.4, -0.2) is 0 Å². The van der Waals surface area contributed by atoms with Crippen LogP contribution in [-0.2, 0) is 44.1 Å². The third-order valence-electron chi connectivity index (χ3n) is 4.45. The SMILES string of the molecule is [Cl-].[Cl-].[Pt+2].c1ccc(CSCc2ccccc2)cc1.c1ccc(CSCc2ccccc2)cc1. The van der Waals surface area contributed by atoms with Crippen molar-refractivity contribution < 1.29 is 45.9 Å². The molecule has 176 valence electrons. The molecule has 0 bridgehead atoms. The third kappa shape index (κ3) is 14.0. The molecule has 0 nitrogen and oxygen atoms in total.